The van der Waals surface area contributed by atoms with E-state index < -0.39 is 12.2 Å². The number of aliphatic hydroxyl groups is 2. The number of piperidine rings is 1. The van der Waals surface area contributed by atoms with Crippen LogP contribution < -0.4 is 4.90 Å². The highest BCUT2D eigenvalue weighted by molar-refractivity contribution is 6.30. The van der Waals surface area contributed by atoms with Crippen LogP contribution in [0.25, 0.3) is 11.4 Å². The zero-order chi connectivity index (χ0) is 17.4. The van der Waals surface area contributed by atoms with E-state index in [4.69, 9.17) is 21.6 Å². The van der Waals surface area contributed by atoms with Crippen molar-refractivity contribution in [3.05, 3.63) is 40.5 Å². The summed E-state index contributed by atoms with van der Waals surface area (Å²) in [6.45, 7) is 1.09. The Labute approximate surface area is 152 Å². The maximum Gasteiger partial charge on any atom is 0.161 e. The van der Waals surface area contributed by atoms with Crippen LogP contribution in [0.2, 0.25) is 5.02 Å². The summed E-state index contributed by atoms with van der Waals surface area (Å²) >= 11 is 6.13. The van der Waals surface area contributed by atoms with Crippen molar-refractivity contribution < 1.29 is 10.2 Å². The molecule has 5 nitrogen and oxygen atoms in total. The quantitative estimate of drug-likeness (QED) is 0.862. The predicted octanol–water partition coefficient (Wildman–Crippen LogP) is 2.61. The molecule has 1 aromatic heterocycles. The molecule has 25 heavy (non-hydrogen) atoms. The predicted molar refractivity (Wildman–Crippen MR) is 98.0 cm³/mol. The van der Waals surface area contributed by atoms with Crippen molar-refractivity contribution in [1.29, 1.82) is 0 Å². The molecule has 1 aliphatic heterocycles. The molecule has 0 radical (unpaired) electrons. The fraction of sp³-hybridized carbons (Fsp3) is 0.474. The molecular formula is C19H22ClN3O2. The zero-order valence-corrected chi connectivity index (χ0v) is 14.8. The lowest BCUT2D eigenvalue weighted by atomic mass is 9.95. The SMILES string of the molecule is O[C@@H]1CCN(c2nc(-c3cccc(Cl)c3)nc3c2CCCC3)C[C@@H]1O. The minimum atomic E-state index is -0.738. The Bertz CT molecular complexity index is 783. The molecule has 0 spiro atoms. The van der Waals surface area contributed by atoms with Crippen molar-refractivity contribution in [2.45, 2.75) is 44.3 Å². The lowest BCUT2D eigenvalue weighted by Gasteiger charge is -2.36. The summed E-state index contributed by atoms with van der Waals surface area (Å²) in [5.74, 6) is 1.59. The summed E-state index contributed by atoms with van der Waals surface area (Å²) in [5, 5.41) is 20.6. The first-order valence-corrected chi connectivity index (χ1v) is 9.26. The second kappa shape index (κ2) is 6.90. The van der Waals surface area contributed by atoms with Gasteiger partial charge in [-0.3, -0.25) is 0 Å². The summed E-state index contributed by atoms with van der Waals surface area (Å²) in [7, 11) is 0. The van der Waals surface area contributed by atoms with Gasteiger partial charge in [-0.1, -0.05) is 23.7 Å². The molecule has 1 fully saturated rings. The number of aliphatic hydroxyl groups excluding tert-OH is 2. The number of anilines is 1. The lowest BCUT2D eigenvalue weighted by molar-refractivity contribution is 0.00782. The number of hydrogen-bond acceptors (Lipinski definition) is 5. The molecule has 2 aliphatic rings. The highest BCUT2D eigenvalue weighted by Crippen LogP contribution is 2.32. The fourth-order valence-corrected chi connectivity index (χ4v) is 3.89. The normalized spacial score (nSPS) is 23.4. The molecule has 0 unspecified atom stereocenters. The van der Waals surface area contributed by atoms with Gasteiger partial charge in [-0.15, -0.1) is 0 Å². The fourth-order valence-electron chi connectivity index (χ4n) is 3.70. The summed E-state index contributed by atoms with van der Waals surface area (Å²) in [6.07, 6.45) is 3.36. The van der Waals surface area contributed by atoms with E-state index >= 15 is 0 Å². The number of hydrogen-bond donors (Lipinski definition) is 2. The van der Waals surface area contributed by atoms with Crippen LogP contribution >= 0.6 is 11.6 Å². The number of halogens is 1. The monoisotopic (exact) mass is 359 g/mol. The van der Waals surface area contributed by atoms with Gasteiger partial charge in [0.25, 0.3) is 0 Å². The van der Waals surface area contributed by atoms with Crippen LogP contribution in [0.3, 0.4) is 0 Å². The van der Waals surface area contributed by atoms with Crippen LogP contribution in [-0.4, -0.2) is 45.5 Å². The Morgan fingerprint density at radius 3 is 2.72 bits per heavy atom. The molecule has 0 bridgehead atoms. The van der Waals surface area contributed by atoms with E-state index in [1.54, 1.807) is 0 Å². The average Bonchev–Trinajstić information content (AvgIpc) is 2.63. The Morgan fingerprint density at radius 1 is 1.08 bits per heavy atom. The van der Waals surface area contributed by atoms with Gasteiger partial charge in [0.2, 0.25) is 0 Å². The van der Waals surface area contributed by atoms with Crippen molar-refractivity contribution in [3.63, 3.8) is 0 Å². The van der Waals surface area contributed by atoms with Crippen LogP contribution in [0, 0.1) is 0 Å². The van der Waals surface area contributed by atoms with Gasteiger partial charge in [-0.05, 0) is 44.2 Å². The molecule has 2 aromatic rings. The number of β-amino-alcohol motifs (C(OH)–C–C–N with tert-alkyl or cyclic N) is 1. The molecule has 1 aromatic carbocycles. The number of benzene rings is 1. The van der Waals surface area contributed by atoms with E-state index in [0.717, 1.165) is 42.8 Å². The molecular weight excluding hydrogens is 338 g/mol. The van der Waals surface area contributed by atoms with Crippen molar-refractivity contribution in [2.75, 3.05) is 18.0 Å². The molecule has 1 aliphatic carbocycles. The molecule has 2 heterocycles. The van der Waals surface area contributed by atoms with E-state index in [1.165, 1.54) is 5.56 Å². The van der Waals surface area contributed by atoms with E-state index in [0.29, 0.717) is 30.4 Å². The van der Waals surface area contributed by atoms with Crippen molar-refractivity contribution in [2.24, 2.45) is 0 Å². The van der Waals surface area contributed by atoms with E-state index in [9.17, 15) is 10.2 Å². The molecule has 4 rings (SSSR count). The van der Waals surface area contributed by atoms with Gasteiger partial charge in [0.15, 0.2) is 5.82 Å². The molecule has 1 saturated heterocycles. The number of nitrogens with zero attached hydrogens (tertiary/aromatic N) is 3. The van der Waals surface area contributed by atoms with E-state index in [2.05, 4.69) is 4.90 Å². The first-order chi connectivity index (χ1) is 12.1. The summed E-state index contributed by atoms with van der Waals surface area (Å²) in [4.78, 5) is 11.7. The van der Waals surface area contributed by atoms with Crippen LogP contribution in [0.5, 0.6) is 0 Å². The minimum absolute atomic E-state index is 0.402. The van der Waals surface area contributed by atoms with Crippen molar-refractivity contribution in [1.82, 2.24) is 9.97 Å². The van der Waals surface area contributed by atoms with E-state index in [1.807, 2.05) is 24.3 Å². The van der Waals surface area contributed by atoms with Crippen molar-refractivity contribution in [3.8, 4) is 11.4 Å². The summed E-state index contributed by atoms with van der Waals surface area (Å²) in [5.41, 5.74) is 3.20. The molecule has 0 saturated carbocycles. The average molecular weight is 360 g/mol. The second-order valence-corrected chi connectivity index (χ2v) is 7.32. The van der Waals surface area contributed by atoms with Crippen LogP contribution in [0.15, 0.2) is 24.3 Å². The van der Waals surface area contributed by atoms with Crippen molar-refractivity contribution >= 4 is 17.4 Å². The Hall–Kier alpha value is -1.69. The number of aryl methyl sites for hydroxylation is 1. The first-order valence-electron chi connectivity index (χ1n) is 8.88. The molecule has 0 amide bonds. The third kappa shape index (κ3) is 3.36. The summed E-state index contributed by atoms with van der Waals surface area (Å²) < 4.78 is 0. The van der Waals surface area contributed by atoms with Crippen LogP contribution in [0.4, 0.5) is 5.82 Å². The second-order valence-electron chi connectivity index (χ2n) is 6.88. The van der Waals surface area contributed by atoms with Gasteiger partial charge in [0.05, 0.1) is 12.2 Å². The van der Waals surface area contributed by atoms with Gasteiger partial charge >= 0.3 is 0 Å². The molecule has 132 valence electrons. The molecule has 2 atom stereocenters. The zero-order valence-electron chi connectivity index (χ0n) is 14.0. The Kier molecular flexibility index (Phi) is 4.63. The largest absolute Gasteiger partial charge is 0.390 e. The number of fused-ring (bicyclic) bond motifs is 1. The third-order valence-corrected chi connectivity index (χ3v) is 5.33. The highest BCUT2D eigenvalue weighted by atomic mass is 35.5. The van der Waals surface area contributed by atoms with Gasteiger partial charge in [0.1, 0.15) is 5.82 Å². The Balaban J connectivity index is 1.78. The van der Waals surface area contributed by atoms with Gasteiger partial charge < -0.3 is 15.1 Å². The maximum absolute atomic E-state index is 10.1. The number of aromatic nitrogens is 2. The van der Waals surface area contributed by atoms with Gasteiger partial charge in [-0.25, -0.2) is 9.97 Å². The molecule has 6 heteroatoms. The standard InChI is InChI=1S/C19H22ClN3O2/c20-13-5-3-4-12(10-13)18-21-15-7-2-1-6-14(15)19(22-18)23-9-8-16(24)17(25)11-23/h3-5,10,16-17,24-25H,1-2,6-9,11H2/t16-,17+/m1/s1. The first kappa shape index (κ1) is 16.8. The smallest absolute Gasteiger partial charge is 0.161 e. The maximum atomic E-state index is 10.1. The highest BCUT2D eigenvalue weighted by Gasteiger charge is 2.30. The summed E-state index contributed by atoms with van der Waals surface area (Å²) in [6, 6.07) is 7.59. The molecule has 2 N–H and O–H groups in total. The van der Waals surface area contributed by atoms with Gasteiger partial charge in [-0.2, -0.15) is 0 Å². The minimum Gasteiger partial charge on any atom is -0.390 e. The van der Waals surface area contributed by atoms with Gasteiger partial charge in [0, 0.05) is 34.9 Å². The Morgan fingerprint density at radius 2 is 1.92 bits per heavy atom. The van der Waals surface area contributed by atoms with Crippen LogP contribution in [-0.2, 0) is 12.8 Å². The van der Waals surface area contributed by atoms with E-state index in [-0.39, 0.29) is 0 Å². The lowest BCUT2D eigenvalue weighted by Crippen LogP contribution is -2.47. The number of rotatable bonds is 2. The van der Waals surface area contributed by atoms with Crippen LogP contribution in [0.1, 0.15) is 30.5 Å². The third-order valence-electron chi connectivity index (χ3n) is 5.09. The topological polar surface area (TPSA) is 69.5 Å².